The molecule has 0 aliphatic carbocycles. The molecule has 0 bridgehead atoms. The number of hydrogen-bond donors (Lipinski definition) is 2. The number of nitrogens with one attached hydrogen (secondary N) is 2. The van der Waals surface area contributed by atoms with Crippen LogP contribution in [0.5, 0.6) is 5.75 Å². The van der Waals surface area contributed by atoms with Crippen LogP contribution in [0, 0.1) is 13.8 Å². The van der Waals surface area contributed by atoms with Gasteiger partial charge in [0, 0.05) is 12.1 Å². The molecule has 0 atom stereocenters. The second-order valence-electron chi connectivity index (χ2n) is 6.81. The summed E-state index contributed by atoms with van der Waals surface area (Å²) in [5.74, 6) is 0.235. The van der Waals surface area contributed by atoms with Gasteiger partial charge in [-0.25, -0.2) is 0 Å². The summed E-state index contributed by atoms with van der Waals surface area (Å²) in [5.41, 5.74) is 4.68. The van der Waals surface area contributed by atoms with Gasteiger partial charge in [0.15, 0.2) is 5.11 Å². The number of amides is 1. The van der Waals surface area contributed by atoms with E-state index in [-0.39, 0.29) is 11.0 Å². The fourth-order valence-electron chi connectivity index (χ4n) is 2.90. The topological polar surface area (TPSA) is 50.4 Å². The minimum atomic E-state index is -0.303. The third-order valence-corrected chi connectivity index (χ3v) is 4.70. The van der Waals surface area contributed by atoms with Gasteiger partial charge in [0.2, 0.25) is 0 Å². The summed E-state index contributed by atoms with van der Waals surface area (Å²) < 4.78 is 5.87. The summed E-state index contributed by atoms with van der Waals surface area (Å²) >= 11 is 5.33. The lowest BCUT2D eigenvalue weighted by molar-refractivity contribution is 0.0974. The van der Waals surface area contributed by atoms with Gasteiger partial charge < -0.3 is 10.1 Å². The predicted molar refractivity (Wildman–Crippen MR) is 122 cm³/mol. The molecule has 0 aromatic heterocycles. The molecule has 0 spiro atoms. The third kappa shape index (κ3) is 5.90. The van der Waals surface area contributed by atoms with Crippen molar-refractivity contribution in [1.82, 2.24) is 5.32 Å². The van der Waals surface area contributed by atoms with Crippen LogP contribution in [0.3, 0.4) is 0 Å². The second kappa shape index (κ2) is 9.85. The van der Waals surface area contributed by atoms with E-state index in [0.717, 1.165) is 23.2 Å². The molecule has 0 heterocycles. The van der Waals surface area contributed by atoms with Crippen molar-refractivity contribution in [2.75, 3.05) is 11.9 Å². The number of para-hydroxylation sites is 1. The van der Waals surface area contributed by atoms with Crippen LogP contribution >= 0.6 is 12.2 Å². The summed E-state index contributed by atoms with van der Waals surface area (Å²) in [5, 5.41) is 6.09. The minimum Gasteiger partial charge on any atom is -0.492 e. The summed E-state index contributed by atoms with van der Waals surface area (Å²) in [6.07, 6.45) is 0.767. The third-order valence-electron chi connectivity index (χ3n) is 4.49. The van der Waals surface area contributed by atoms with Crippen LogP contribution in [0.1, 0.15) is 27.0 Å². The standard InChI is InChI=1S/C24H24N2O2S/c1-17-12-13-18(2)21(16-17)25-24(29)26-23(27)20-10-6-7-11-22(20)28-15-14-19-8-4-3-5-9-19/h3-13,16H,14-15H2,1-2H3,(H2,25,26,27,29). The van der Waals surface area contributed by atoms with E-state index >= 15 is 0 Å². The molecule has 5 heteroatoms. The number of carbonyl (C=O) groups is 1. The van der Waals surface area contributed by atoms with Crippen LogP contribution in [0.4, 0.5) is 5.69 Å². The van der Waals surface area contributed by atoms with Crippen molar-refractivity contribution in [3.8, 4) is 5.75 Å². The first-order chi connectivity index (χ1) is 14.0. The maximum Gasteiger partial charge on any atom is 0.261 e. The van der Waals surface area contributed by atoms with Crippen LogP contribution in [0.25, 0.3) is 0 Å². The number of rotatable bonds is 6. The number of anilines is 1. The zero-order chi connectivity index (χ0) is 20.6. The smallest absolute Gasteiger partial charge is 0.261 e. The van der Waals surface area contributed by atoms with Gasteiger partial charge in [-0.3, -0.25) is 10.1 Å². The molecule has 0 radical (unpaired) electrons. The van der Waals surface area contributed by atoms with E-state index < -0.39 is 0 Å². The van der Waals surface area contributed by atoms with Crippen molar-refractivity contribution in [1.29, 1.82) is 0 Å². The van der Waals surface area contributed by atoms with Crippen LogP contribution in [-0.2, 0) is 6.42 Å². The molecule has 0 aliphatic heterocycles. The van der Waals surface area contributed by atoms with Gasteiger partial charge in [0.05, 0.1) is 12.2 Å². The van der Waals surface area contributed by atoms with Crippen LogP contribution in [0.15, 0.2) is 72.8 Å². The van der Waals surface area contributed by atoms with Gasteiger partial charge in [0.25, 0.3) is 5.91 Å². The Hall–Kier alpha value is -3.18. The molecule has 2 N–H and O–H groups in total. The molecule has 0 saturated heterocycles. The molecular formula is C24H24N2O2S. The monoisotopic (exact) mass is 404 g/mol. The minimum absolute atomic E-state index is 0.253. The first kappa shape index (κ1) is 20.6. The molecular weight excluding hydrogens is 380 g/mol. The number of aryl methyl sites for hydroxylation is 2. The van der Waals surface area contributed by atoms with Gasteiger partial charge >= 0.3 is 0 Å². The number of ether oxygens (including phenoxy) is 1. The maximum absolute atomic E-state index is 12.7. The van der Waals surface area contributed by atoms with E-state index in [1.54, 1.807) is 18.2 Å². The van der Waals surface area contributed by atoms with E-state index in [0.29, 0.717) is 17.9 Å². The molecule has 3 aromatic rings. The average molecular weight is 405 g/mol. The van der Waals surface area contributed by atoms with Gasteiger partial charge in [-0.2, -0.15) is 0 Å². The van der Waals surface area contributed by atoms with Crippen molar-refractivity contribution in [2.24, 2.45) is 0 Å². The first-order valence-corrected chi connectivity index (χ1v) is 9.89. The SMILES string of the molecule is Cc1ccc(C)c(NC(=S)NC(=O)c2ccccc2OCCc2ccccc2)c1. The Morgan fingerprint density at radius 1 is 0.966 bits per heavy atom. The highest BCUT2D eigenvalue weighted by atomic mass is 32.1. The van der Waals surface area contributed by atoms with Crippen molar-refractivity contribution in [3.63, 3.8) is 0 Å². The van der Waals surface area contributed by atoms with Crippen molar-refractivity contribution in [2.45, 2.75) is 20.3 Å². The zero-order valence-electron chi connectivity index (χ0n) is 16.6. The van der Waals surface area contributed by atoms with E-state index in [2.05, 4.69) is 22.8 Å². The number of thiocarbonyl (C=S) groups is 1. The average Bonchev–Trinajstić information content (AvgIpc) is 2.72. The van der Waals surface area contributed by atoms with E-state index in [9.17, 15) is 4.79 Å². The molecule has 29 heavy (non-hydrogen) atoms. The fourth-order valence-corrected chi connectivity index (χ4v) is 3.10. The number of benzene rings is 3. The van der Waals surface area contributed by atoms with Crippen molar-refractivity contribution in [3.05, 3.63) is 95.1 Å². The predicted octanol–water partition coefficient (Wildman–Crippen LogP) is 5.05. The van der Waals surface area contributed by atoms with Crippen molar-refractivity contribution >= 4 is 28.9 Å². The molecule has 0 saturated carbocycles. The Labute approximate surface area is 176 Å². The van der Waals surface area contributed by atoms with Crippen LogP contribution in [-0.4, -0.2) is 17.6 Å². The summed E-state index contributed by atoms with van der Waals surface area (Å²) in [4.78, 5) is 12.7. The summed E-state index contributed by atoms with van der Waals surface area (Å²) in [6.45, 7) is 4.48. The summed E-state index contributed by atoms with van der Waals surface area (Å²) in [6, 6.07) is 23.3. The molecule has 3 aromatic carbocycles. The summed E-state index contributed by atoms with van der Waals surface area (Å²) in [7, 11) is 0. The normalized spacial score (nSPS) is 10.3. The molecule has 1 amide bonds. The second-order valence-corrected chi connectivity index (χ2v) is 7.22. The lowest BCUT2D eigenvalue weighted by atomic mass is 10.1. The maximum atomic E-state index is 12.7. The van der Waals surface area contributed by atoms with Crippen LogP contribution < -0.4 is 15.4 Å². The highest BCUT2D eigenvalue weighted by molar-refractivity contribution is 7.80. The molecule has 148 valence electrons. The van der Waals surface area contributed by atoms with Gasteiger partial charge in [-0.05, 0) is 61.0 Å². The van der Waals surface area contributed by atoms with E-state index in [4.69, 9.17) is 17.0 Å². The molecule has 0 unspecified atom stereocenters. The lowest BCUT2D eigenvalue weighted by Gasteiger charge is -2.14. The zero-order valence-corrected chi connectivity index (χ0v) is 17.4. The van der Waals surface area contributed by atoms with Gasteiger partial charge in [-0.15, -0.1) is 0 Å². The molecule has 0 fully saturated rings. The van der Waals surface area contributed by atoms with Crippen molar-refractivity contribution < 1.29 is 9.53 Å². The van der Waals surface area contributed by atoms with E-state index in [1.807, 2.05) is 56.3 Å². The molecule has 3 rings (SSSR count). The fraction of sp³-hybridized carbons (Fsp3) is 0.167. The van der Waals surface area contributed by atoms with Gasteiger partial charge in [0.1, 0.15) is 5.75 Å². The lowest BCUT2D eigenvalue weighted by Crippen LogP contribution is -2.34. The largest absolute Gasteiger partial charge is 0.492 e. The highest BCUT2D eigenvalue weighted by Crippen LogP contribution is 2.19. The van der Waals surface area contributed by atoms with Crippen LogP contribution in [0.2, 0.25) is 0 Å². The van der Waals surface area contributed by atoms with E-state index in [1.165, 1.54) is 5.56 Å². The number of carbonyl (C=O) groups excluding carboxylic acids is 1. The molecule has 0 aliphatic rings. The Bertz CT molecular complexity index is 1000. The molecule has 4 nitrogen and oxygen atoms in total. The Morgan fingerprint density at radius 3 is 2.48 bits per heavy atom. The Morgan fingerprint density at radius 2 is 1.69 bits per heavy atom. The number of hydrogen-bond acceptors (Lipinski definition) is 3. The quantitative estimate of drug-likeness (QED) is 0.565. The Balaban J connectivity index is 1.61. The first-order valence-electron chi connectivity index (χ1n) is 9.48. The van der Waals surface area contributed by atoms with Gasteiger partial charge in [-0.1, -0.05) is 54.6 Å². The Kier molecular flexibility index (Phi) is 6.98. The highest BCUT2D eigenvalue weighted by Gasteiger charge is 2.14.